The molecular weight excluding hydrogens is 625 g/mol. The monoisotopic (exact) mass is 690 g/mol. The van der Waals surface area contributed by atoms with Crippen LogP contribution in [0.3, 0.4) is 0 Å². The van der Waals surface area contributed by atoms with Crippen LogP contribution in [0.1, 0.15) is 122 Å². The number of hydrogen-bond acceptors (Lipinski definition) is 1. The van der Waals surface area contributed by atoms with E-state index in [0.29, 0.717) is 12.5 Å². The maximum atomic E-state index is 6.93. The van der Waals surface area contributed by atoms with Crippen LogP contribution in [0.5, 0.6) is 5.75 Å². The molecule has 1 nitrogen and oxygen atoms in total. The summed E-state index contributed by atoms with van der Waals surface area (Å²) in [6.45, 7) is 39.4. The molecule has 0 fully saturated rings. The van der Waals surface area contributed by atoms with Crippen LogP contribution in [0.4, 0.5) is 0 Å². The van der Waals surface area contributed by atoms with E-state index in [1.54, 1.807) is 48.6 Å². The van der Waals surface area contributed by atoms with Crippen LogP contribution in [0, 0.1) is 17.8 Å². The van der Waals surface area contributed by atoms with E-state index in [0.717, 1.165) is 6.42 Å². The number of allylic oxidation sites excluding steroid dienone is 4. The van der Waals surface area contributed by atoms with Crippen LogP contribution >= 0.6 is 0 Å². The van der Waals surface area contributed by atoms with Crippen LogP contribution in [-0.2, 0) is 17.3 Å². The van der Waals surface area contributed by atoms with Gasteiger partial charge in [0.25, 0.3) is 0 Å². The lowest BCUT2D eigenvalue weighted by molar-refractivity contribution is 0.368. The third-order valence-corrected chi connectivity index (χ3v) is 20.2. The van der Waals surface area contributed by atoms with Crippen molar-refractivity contribution in [2.45, 2.75) is 150 Å². The Kier molecular flexibility index (Phi) is 8.80. The van der Waals surface area contributed by atoms with Crippen molar-refractivity contribution in [3.63, 3.8) is 0 Å². The van der Waals surface area contributed by atoms with Gasteiger partial charge in [0.1, 0.15) is 20.4 Å². The normalized spacial score (nSPS) is 22.7. The molecule has 264 valence electrons. The topological polar surface area (TPSA) is 9.23 Å². The second-order valence-corrected chi connectivity index (χ2v) is 29.4. The molecule has 6 rings (SSSR count). The smallest absolute Gasteiger partial charge is 0.123 e. The Morgan fingerprint density at radius 3 is 2.02 bits per heavy atom. The zero-order valence-electron chi connectivity index (χ0n) is 33.7. The Hall–Kier alpha value is -2.37. The molecule has 0 saturated heterocycles. The third kappa shape index (κ3) is 5.78. The minimum Gasteiger partial charge on any atom is -0.490 e. The molecule has 0 N–H and O–H groups in total. The van der Waals surface area contributed by atoms with Crippen molar-refractivity contribution < 1.29 is 4.74 Å². The molecule has 0 heterocycles. The average molecular weight is 691 g/mol. The van der Waals surface area contributed by atoms with Gasteiger partial charge in [-0.25, -0.2) is 0 Å². The first kappa shape index (κ1) is 36.4. The number of benzene rings is 2. The van der Waals surface area contributed by atoms with E-state index < -0.39 is 16.1 Å². The number of rotatable bonds is 8. The summed E-state index contributed by atoms with van der Waals surface area (Å²) in [4.78, 5) is 0. The first-order valence-electron chi connectivity index (χ1n) is 19.4. The fraction of sp³-hybridized carbons (Fsp3) is 0.565. The predicted octanol–water partition coefficient (Wildman–Crippen LogP) is 9.91. The summed E-state index contributed by atoms with van der Waals surface area (Å²) in [6.07, 6.45) is 17.4. The number of fused-ring (bicyclic) bond motifs is 8. The Labute approximate surface area is 301 Å². The highest BCUT2D eigenvalue weighted by Gasteiger charge is 2.51. The molecule has 0 aromatic heterocycles. The van der Waals surface area contributed by atoms with Gasteiger partial charge in [-0.05, 0) is 97.3 Å². The van der Waals surface area contributed by atoms with Crippen LogP contribution in [0.2, 0.25) is 31.7 Å². The molecule has 0 bridgehead atoms. The standard InChI is InChI=1S/C46H66OSi2/c1-16-25-47-41-35(48(13,14)15)26-30(4)27-36(41)49(17-2,18-3)42-34-29-44(7,8)21-19-31(34)37-38(42)33-28-43(5,6)22-20-32(33)39-40(37)46(11,12)24-23-45(39,9)10/h16,23-24,26-29,31H,1,17-22,25H2,2-15H3. The van der Waals surface area contributed by atoms with Gasteiger partial charge in [0.05, 0.1) is 8.07 Å². The molecule has 2 aromatic rings. The van der Waals surface area contributed by atoms with Gasteiger partial charge in [-0.2, -0.15) is 0 Å². The van der Waals surface area contributed by atoms with Crippen molar-refractivity contribution in [1.29, 1.82) is 0 Å². The molecule has 4 aliphatic carbocycles. The van der Waals surface area contributed by atoms with Gasteiger partial charge >= 0.3 is 0 Å². The summed E-state index contributed by atoms with van der Waals surface area (Å²) in [5.74, 6) is 1.66. The maximum absolute atomic E-state index is 6.93. The van der Waals surface area contributed by atoms with Crippen LogP contribution in [0.25, 0.3) is 11.3 Å². The van der Waals surface area contributed by atoms with Gasteiger partial charge in [0, 0.05) is 16.7 Å². The third-order valence-electron chi connectivity index (χ3n) is 12.9. The van der Waals surface area contributed by atoms with Gasteiger partial charge in [-0.3, -0.25) is 0 Å². The summed E-state index contributed by atoms with van der Waals surface area (Å²) in [7, 11) is -4.14. The zero-order chi connectivity index (χ0) is 36.1. The first-order valence-corrected chi connectivity index (χ1v) is 25.4. The van der Waals surface area contributed by atoms with Crippen molar-refractivity contribution >= 4 is 37.8 Å². The van der Waals surface area contributed by atoms with Crippen LogP contribution < -0.4 is 25.5 Å². The molecule has 1 atom stereocenters. The van der Waals surface area contributed by atoms with E-state index in [-0.39, 0.29) is 21.7 Å². The minimum absolute atomic E-state index is 0.0123. The van der Waals surface area contributed by atoms with Crippen molar-refractivity contribution in [1.82, 2.24) is 0 Å². The molecule has 0 saturated carbocycles. The Morgan fingerprint density at radius 2 is 1.43 bits per heavy atom. The predicted molar refractivity (Wildman–Crippen MR) is 221 cm³/mol. The van der Waals surface area contributed by atoms with Crippen molar-refractivity contribution in [2.24, 2.45) is 10.8 Å². The quantitative estimate of drug-likeness (QED) is 0.198. The van der Waals surface area contributed by atoms with Gasteiger partial charge < -0.3 is 4.74 Å². The highest BCUT2D eigenvalue weighted by molar-refractivity contribution is 7.07. The molecule has 4 aliphatic rings. The lowest BCUT2D eigenvalue weighted by atomic mass is 9.61. The van der Waals surface area contributed by atoms with Crippen molar-refractivity contribution in [3.05, 3.63) is 86.8 Å². The van der Waals surface area contributed by atoms with E-state index in [4.69, 9.17) is 4.74 Å². The van der Waals surface area contributed by atoms with Crippen molar-refractivity contribution in [2.75, 3.05) is 6.61 Å². The van der Waals surface area contributed by atoms with E-state index in [2.05, 4.69) is 139 Å². The summed E-state index contributed by atoms with van der Waals surface area (Å²) in [5.41, 5.74) is 10.1. The lowest BCUT2D eigenvalue weighted by Crippen LogP contribution is -2.55. The fourth-order valence-electron chi connectivity index (χ4n) is 10.3. The van der Waals surface area contributed by atoms with Gasteiger partial charge in [-0.15, -0.1) is 0 Å². The summed E-state index contributed by atoms with van der Waals surface area (Å²) >= 11 is 0. The number of aryl methyl sites for hydroxylation is 1. The van der Waals surface area contributed by atoms with E-state index in [9.17, 15) is 0 Å². The molecule has 49 heavy (non-hydrogen) atoms. The summed E-state index contributed by atoms with van der Waals surface area (Å²) in [6, 6.07) is 7.38. The molecular formula is C46H66OSi2. The number of hydrogen-bond donors (Lipinski definition) is 0. The highest BCUT2D eigenvalue weighted by atomic mass is 28.3. The second-order valence-electron chi connectivity index (χ2n) is 19.7. The molecule has 3 heteroatoms. The van der Waals surface area contributed by atoms with Gasteiger partial charge in [0.15, 0.2) is 0 Å². The Balaban J connectivity index is 1.92. The average Bonchev–Trinajstić information content (AvgIpc) is 3.32. The lowest BCUT2D eigenvalue weighted by Gasteiger charge is -2.43. The Bertz CT molecular complexity index is 1900. The van der Waals surface area contributed by atoms with Gasteiger partial charge in [-0.1, -0.05) is 156 Å². The summed E-state index contributed by atoms with van der Waals surface area (Å²) < 4.78 is 6.93. The molecule has 2 aromatic carbocycles. The van der Waals surface area contributed by atoms with Crippen LogP contribution in [0.15, 0.2) is 48.6 Å². The van der Waals surface area contributed by atoms with E-state index in [1.165, 1.54) is 47.9 Å². The largest absolute Gasteiger partial charge is 0.490 e. The number of ether oxygens (including phenoxy) is 1. The van der Waals surface area contributed by atoms with Crippen molar-refractivity contribution in [3.8, 4) is 5.75 Å². The van der Waals surface area contributed by atoms with E-state index >= 15 is 0 Å². The van der Waals surface area contributed by atoms with Gasteiger partial charge in [0.2, 0.25) is 0 Å². The molecule has 0 amide bonds. The zero-order valence-corrected chi connectivity index (χ0v) is 35.7. The van der Waals surface area contributed by atoms with E-state index in [1.807, 2.05) is 6.08 Å². The molecule has 0 aliphatic heterocycles. The maximum Gasteiger partial charge on any atom is 0.123 e. The minimum atomic E-state index is -2.40. The Morgan fingerprint density at radius 1 is 0.837 bits per heavy atom. The molecule has 0 radical (unpaired) electrons. The summed E-state index contributed by atoms with van der Waals surface area (Å²) in [5, 5.41) is 8.04. The SMILES string of the molecule is C=CCOc1c([Si](C)(C)C)cc(C)cc1[Si](CC)(CC)C1=c2c(c3c(c4c2=CC(C)(C)CC4)C(C)(C)C=CC3(C)C)C2CCC(C)(C)C=C12. The fourth-order valence-corrected chi connectivity index (χ4v) is 16.9. The first-order chi connectivity index (χ1) is 22.6. The molecule has 0 spiro atoms. The highest BCUT2D eigenvalue weighted by Crippen LogP contribution is 2.55. The van der Waals surface area contributed by atoms with Crippen LogP contribution in [-0.4, -0.2) is 22.8 Å². The molecule has 1 unspecified atom stereocenters. The second kappa shape index (κ2) is 11.8.